The second-order valence-corrected chi connectivity index (χ2v) is 3.51. The fourth-order valence-corrected chi connectivity index (χ4v) is 1.47. The Morgan fingerprint density at radius 3 is 1.60 bits per heavy atom. The molecule has 0 aromatic rings. The highest BCUT2D eigenvalue weighted by atomic mass is 19.3. The molecule has 0 bridgehead atoms. The van der Waals surface area contributed by atoms with Crippen LogP contribution < -0.4 is 0 Å². The molecule has 0 saturated heterocycles. The first kappa shape index (κ1) is 7.89. The highest BCUT2D eigenvalue weighted by Crippen LogP contribution is 2.66. The average molecular weight is 152 g/mol. The smallest absolute Gasteiger partial charge is 0.237 e. The molecule has 1 aliphatic carbocycles. The third-order valence-corrected chi connectivity index (χ3v) is 2.93. The highest BCUT2D eigenvalue weighted by Gasteiger charge is 2.75. The Balaban J connectivity index is 2.78. The minimum Gasteiger partial charge on any atom is -0.237 e. The van der Waals surface area contributed by atoms with E-state index >= 15 is 0 Å². The minimum atomic E-state index is -2.84. The first-order chi connectivity index (χ1) is 4.35. The van der Waals surface area contributed by atoms with E-state index in [0.717, 1.165) is 0 Å². The van der Waals surface area contributed by atoms with Gasteiger partial charge in [-0.05, 0) is 0 Å². The maximum absolute atomic E-state index is 13.0. The van der Waals surface area contributed by atoms with Crippen molar-refractivity contribution in [1.29, 1.82) is 0 Å². The second-order valence-electron chi connectivity index (χ2n) is 3.51. The molecule has 0 aliphatic heterocycles. The van der Waals surface area contributed by atoms with E-state index in [0.29, 0.717) is 0 Å². The van der Waals surface area contributed by atoms with Crippen molar-refractivity contribution in [3.63, 3.8) is 0 Å². The molecule has 10 heavy (non-hydrogen) atoms. The molecule has 0 unspecified atom stereocenters. The van der Waals surface area contributed by atoms with Crippen LogP contribution in [0.2, 0.25) is 0 Å². The van der Waals surface area contributed by atoms with E-state index in [9.17, 15) is 13.2 Å². The lowest BCUT2D eigenvalue weighted by molar-refractivity contribution is 0.00673. The predicted molar refractivity (Wildman–Crippen MR) is 32.8 cm³/mol. The van der Waals surface area contributed by atoms with Gasteiger partial charge in [0, 0.05) is 11.3 Å². The Kier molecular flexibility index (Phi) is 1.33. The van der Waals surface area contributed by atoms with Crippen molar-refractivity contribution < 1.29 is 13.2 Å². The molecule has 0 aromatic carbocycles. The van der Waals surface area contributed by atoms with Crippen LogP contribution in [0.4, 0.5) is 13.2 Å². The molecular weight excluding hydrogens is 141 g/mol. The fraction of sp³-hybridized carbons (Fsp3) is 1.00. The number of halogens is 3. The molecule has 0 amide bonds. The van der Waals surface area contributed by atoms with Gasteiger partial charge in [-0.15, -0.1) is 0 Å². The highest BCUT2D eigenvalue weighted by molar-refractivity contribution is 5.19. The lowest BCUT2D eigenvalue weighted by atomic mass is 10.1. The first-order valence-electron chi connectivity index (χ1n) is 3.32. The van der Waals surface area contributed by atoms with Gasteiger partial charge in [-0.2, -0.15) is 0 Å². The first-order valence-corrected chi connectivity index (χ1v) is 3.32. The average Bonchev–Trinajstić information content (AvgIpc) is 2.16. The number of hydrogen-bond acceptors (Lipinski definition) is 0. The summed E-state index contributed by atoms with van der Waals surface area (Å²) in [6.45, 7) is 4.58. The zero-order valence-electron chi connectivity index (χ0n) is 6.29. The monoisotopic (exact) mass is 152 g/mol. The van der Waals surface area contributed by atoms with Crippen molar-refractivity contribution in [2.24, 2.45) is 11.3 Å². The van der Waals surface area contributed by atoms with Gasteiger partial charge >= 0.3 is 0 Å². The summed E-state index contributed by atoms with van der Waals surface area (Å²) in [5.41, 5.74) is -3.06. The van der Waals surface area contributed by atoms with Crippen molar-refractivity contribution in [3.8, 4) is 0 Å². The molecular formula is C7H11F3. The van der Waals surface area contributed by atoms with Crippen LogP contribution in [0.25, 0.3) is 0 Å². The van der Waals surface area contributed by atoms with Gasteiger partial charge in [0.2, 0.25) is 0 Å². The van der Waals surface area contributed by atoms with Crippen molar-refractivity contribution in [1.82, 2.24) is 0 Å². The largest absolute Gasteiger partial charge is 0.272 e. The molecule has 2 atom stereocenters. The van der Waals surface area contributed by atoms with Gasteiger partial charge in [-0.1, -0.05) is 20.8 Å². The zero-order chi connectivity index (χ0) is 8.15. The van der Waals surface area contributed by atoms with Crippen molar-refractivity contribution in [3.05, 3.63) is 0 Å². The van der Waals surface area contributed by atoms with Gasteiger partial charge in [0.05, 0.1) is 0 Å². The number of rotatable bonds is 1. The minimum absolute atomic E-state index is 0.514. The zero-order valence-corrected chi connectivity index (χ0v) is 6.29. The summed E-state index contributed by atoms with van der Waals surface area (Å²) >= 11 is 0. The van der Waals surface area contributed by atoms with E-state index in [1.165, 1.54) is 20.8 Å². The summed E-state index contributed by atoms with van der Waals surface area (Å²) < 4.78 is 37.0. The van der Waals surface area contributed by atoms with Crippen LogP contribution >= 0.6 is 0 Å². The van der Waals surface area contributed by atoms with E-state index in [4.69, 9.17) is 0 Å². The number of alkyl halides is 3. The van der Waals surface area contributed by atoms with Gasteiger partial charge in [0.25, 0.3) is 6.43 Å². The third-order valence-electron chi connectivity index (χ3n) is 2.93. The van der Waals surface area contributed by atoms with E-state index in [1.807, 2.05) is 0 Å². The summed E-state index contributed by atoms with van der Waals surface area (Å²) in [7, 11) is 0. The van der Waals surface area contributed by atoms with Crippen LogP contribution in [0, 0.1) is 11.3 Å². The summed E-state index contributed by atoms with van der Waals surface area (Å²) in [4.78, 5) is 0. The Hall–Kier alpha value is -0.210. The third kappa shape index (κ3) is 0.584. The molecule has 0 spiro atoms. The topological polar surface area (TPSA) is 0 Å². The Labute approximate surface area is 58.4 Å². The van der Waals surface area contributed by atoms with Crippen molar-refractivity contribution >= 4 is 0 Å². The van der Waals surface area contributed by atoms with Crippen LogP contribution in [0.1, 0.15) is 20.8 Å². The fourth-order valence-electron chi connectivity index (χ4n) is 1.47. The lowest BCUT2D eigenvalue weighted by Gasteiger charge is -2.07. The second kappa shape index (κ2) is 1.69. The molecule has 60 valence electrons. The van der Waals surface area contributed by atoms with Gasteiger partial charge in [-0.25, -0.2) is 13.2 Å². The Morgan fingerprint density at radius 2 is 1.60 bits per heavy atom. The molecule has 0 radical (unpaired) electrons. The van der Waals surface area contributed by atoms with Crippen LogP contribution in [-0.2, 0) is 0 Å². The summed E-state index contributed by atoms with van der Waals surface area (Å²) in [6, 6.07) is 0. The molecule has 3 heteroatoms. The molecule has 1 saturated carbocycles. The molecule has 1 fully saturated rings. The standard InChI is InChI=1S/C7H11F3/c1-4-6(2,3)7(4,10)5(8)9/h4-5H,1-3H3/t4-,7-/m0/s1. The van der Waals surface area contributed by atoms with E-state index < -0.39 is 23.4 Å². The van der Waals surface area contributed by atoms with Crippen LogP contribution in [0.3, 0.4) is 0 Å². The van der Waals surface area contributed by atoms with Crippen LogP contribution in [0.5, 0.6) is 0 Å². The SMILES string of the molecule is C[C@H]1C(C)(C)[C@@]1(F)C(F)F. The molecule has 0 heterocycles. The normalized spacial score (nSPS) is 44.1. The Morgan fingerprint density at radius 1 is 1.30 bits per heavy atom. The molecule has 1 rings (SSSR count). The molecule has 0 nitrogen and oxygen atoms in total. The van der Waals surface area contributed by atoms with E-state index in [1.54, 1.807) is 0 Å². The summed E-state index contributed by atoms with van der Waals surface area (Å²) in [5, 5.41) is 0. The van der Waals surface area contributed by atoms with Crippen LogP contribution in [0.15, 0.2) is 0 Å². The maximum atomic E-state index is 13.0. The van der Waals surface area contributed by atoms with Crippen LogP contribution in [-0.4, -0.2) is 12.1 Å². The lowest BCUT2D eigenvalue weighted by Crippen LogP contribution is -2.20. The van der Waals surface area contributed by atoms with Gasteiger partial charge in [0.1, 0.15) is 0 Å². The summed E-state index contributed by atoms with van der Waals surface area (Å²) in [6.07, 6.45) is -2.84. The maximum Gasteiger partial charge on any atom is 0.272 e. The van der Waals surface area contributed by atoms with Gasteiger partial charge < -0.3 is 0 Å². The van der Waals surface area contributed by atoms with Gasteiger partial charge in [-0.3, -0.25) is 0 Å². The number of hydrogen-bond donors (Lipinski definition) is 0. The van der Waals surface area contributed by atoms with Gasteiger partial charge in [0.15, 0.2) is 5.67 Å². The molecule has 0 N–H and O–H groups in total. The quantitative estimate of drug-likeness (QED) is 0.541. The predicted octanol–water partition coefficient (Wildman–Crippen LogP) is 2.64. The van der Waals surface area contributed by atoms with E-state index in [-0.39, 0.29) is 0 Å². The summed E-state index contributed by atoms with van der Waals surface area (Å²) in [5.74, 6) is -0.514. The van der Waals surface area contributed by atoms with E-state index in [2.05, 4.69) is 0 Å². The van der Waals surface area contributed by atoms with Crippen molar-refractivity contribution in [2.45, 2.75) is 32.9 Å². The molecule has 1 aliphatic rings. The Bertz CT molecular complexity index is 153. The molecule has 0 aromatic heterocycles. The van der Waals surface area contributed by atoms with Crippen molar-refractivity contribution in [2.75, 3.05) is 0 Å².